The third-order valence-electron chi connectivity index (χ3n) is 3.27. The van der Waals surface area contributed by atoms with E-state index in [1.54, 1.807) is 30.3 Å². The number of furan rings is 1. The molecule has 1 heterocycles. The average Bonchev–Trinajstić information content (AvgIpc) is 2.97. The van der Waals surface area contributed by atoms with Crippen LogP contribution < -0.4 is 9.62 Å². The molecule has 0 saturated heterocycles. The van der Waals surface area contributed by atoms with E-state index >= 15 is 0 Å². The van der Waals surface area contributed by atoms with E-state index in [-0.39, 0.29) is 25.4 Å². The first-order chi connectivity index (χ1) is 10.9. The summed E-state index contributed by atoms with van der Waals surface area (Å²) in [6.07, 6.45) is 2.74. The molecule has 1 aromatic carbocycles. The van der Waals surface area contributed by atoms with Gasteiger partial charge in [-0.1, -0.05) is 12.1 Å². The SMILES string of the molecule is Cc1cccc(N(CCC(=O)NCc2ccco2)S(C)(=O)=O)c1. The van der Waals surface area contributed by atoms with Crippen LogP contribution in [-0.4, -0.2) is 27.1 Å². The highest BCUT2D eigenvalue weighted by molar-refractivity contribution is 7.92. The molecule has 0 unspecified atom stereocenters. The van der Waals surface area contributed by atoms with E-state index in [0.29, 0.717) is 11.4 Å². The zero-order chi connectivity index (χ0) is 16.9. The molecule has 0 atom stereocenters. The smallest absolute Gasteiger partial charge is 0.232 e. The third kappa shape index (κ3) is 5.14. The maximum atomic E-state index is 12.0. The summed E-state index contributed by atoms with van der Waals surface area (Å²) in [6, 6.07) is 10.7. The van der Waals surface area contributed by atoms with Gasteiger partial charge in [-0.3, -0.25) is 9.10 Å². The fraction of sp³-hybridized carbons (Fsp3) is 0.312. The number of nitrogens with one attached hydrogen (secondary N) is 1. The molecule has 1 N–H and O–H groups in total. The van der Waals surface area contributed by atoms with Gasteiger partial charge in [0, 0.05) is 13.0 Å². The van der Waals surface area contributed by atoms with E-state index in [1.165, 1.54) is 10.6 Å². The van der Waals surface area contributed by atoms with Crippen molar-refractivity contribution in [2.45, 2.75) is 19.9 Å². The molecule has 1 aromatic heterocycles. The van der Waals surface area contributed by atoms with Gasteiger partial charge in [0.15, 0.2) is 0 Å². The maximum Gasteiger partial charge on any atom is 0.232 e. The number of amides is 1. The number of nitrogens with zero attached hydrogens (tertiary/aromatic N) is 1. The van der Waals surface area contributed by atoms with Crippen LogP contribution in [0.5, 0.6) is 0 Å². The zero-order valence-corrected chi connectivity index (χ0v) is 14.0. The van der Waals surface area contributed by atoms with Gasteiger partial charge in [-0.05, 0) is 36.8 Å². The number of hydrogen-bond donors (Lipinski definition) is 1. The Labute approximate surface area is 136 Å². The quantitative estimate of drug-likeness (QED) is 0.839. The monoisotopic (exact) mass is 336 g/mol. The molecule has 0 saturated carbocycles. The summed E-state index contributed by atoms with van der Waals surface area (Å²) in [5.41, 5.74) is 1.52. The summed E-state index contributed by atoms with van der Waals surface area (Å²) < 4.78 is 30.3. The summed E-state index contributed by atoms with van der Waals surface area (Å²) in [6.45, 7) is 2.27. The molecular formula is C16H20N2O4S. The third-order valence-corrected chi connectivity index (χ3v) is 4.47. The molecule has 0 bridgehead atoms. The Morgan fingerprint density at radius 2 is 2.04 bits per heavy atom. The molecule has 0 aliphatic carbocycles. The minimum Gasteiger partial charge on any atom is -0.467 e. The van der Waals surface area contributed by atoms with Gasteiger partial charge < -0.3 is 9.73 Å². The highest BCUT2D eigenvalue weighted by Gasteiger charge is 2.18. The Balaban J connectivity index is 1.97. The second kappa shape index (κ2) is 7.32. The summed E-state index contributed by atoms with van der Waals surface area (Å²) in [7, 11) is -3.45. The first-order valence-corrected chi connectivity index (χ1v) is 9.04. The van der Waals surface area contributed by atoms with Crippen molar-refractivity contribution < 1.29 is 17.6 Å². The lowest BCUT2D eigenvalue weighted by atomic mass is 10.2. The number of anilines is 1. The van der Waals surface area contributed by atoms with Crippen LogP contribution in [0.4, 0.5) is 5.69 Å². The predicted molar refractivity (Wildman–Crippen MR) is 88.5 cm³/mol. The van der Waals surface area contributed by atoms with Crippen molar-refractivity contribution in [3.05, 3.63) is 54.0 Å². The van der Waals surface area contributed by atoms with E-state index < -0.39 is 10.0 Å². The second-order valence-corrected chi connectivity index (χ2v) is 7.19. The fourth-order valence-electron chi connectivity index (χ4n) is 2.16. The molecule has 2 aromatic rings. The molecule has 0 fully saturated rings. The van der Waals surface area contributed by atoms with Gasteiger partial charge >= 0.3 is 0 Å². The number of benzene rings is 1. The molecule has 0 aliphatic heterocycles. The molecule has 0 aliphatic rings. The van der Waals surface area contributed by atoms with Crippen LogP contribution in [0.15, 0.2) is 47.1 Å². The average molecular weight is 336 g/mol. The van der Waals surface area contributed by atoms with Crippen LogP contribution in [-0.2, 0) is 21.4 Å². The van der Waals surface area contributed by atoms with E-state index in [2.05, 4.69) is 5.32 Å². The predicted octanol–water partition coefficient (Wildman–Crippen LogP) is 2.06. The standard InChI is InChI=1S/C16H20N2O4S/c1-13-5-3-6-14(11-13)18(23(2,20)21)9-8-16(19)17-12-15-7-4-10-22-15/h3-7,10-11H,8-9,12H2,1-2H3,(H,17,19). The Bertz CT molecular complexity index is 754. The van der Waals surface area contributed by atoms with Crippen molar-refractivity contribution in [3.8, 4) is 0 Å². The Morgan fingerprint density at radius 3 is 2.65 bits per heavy atom. The van der Waals surface area contributed by atoms with Gasteiger partial charge in [0.2, 0.25) is 15.9 Å². The minimum atomic E-state index is -3.45. The lowest BCUT2D eigenvalue weighted by Gasteiger charge is -2.22. The zero-order valence-electron chi connectivity index (χ0n) is 13.2. The molecule has 0 spiro atoms. The molecule has 23 heavy (non-hydrogen) atoms. The number of carbonyl (C=O) groups is 1. The molecule has 0 radical (unpaired) electrons. The van der Waals surface area contributed by atoms with Crippen LogP contribution in [0.2, 0.25) is 0 Å². The van der Waals surface area contributed by atoms with Crippen LogP contribution in [0, 0.1) is 6.92 Å². The minimum absolute atomic E-state index is 0.0712. The van der Waals surface area contributed by atoms with Crippen LogP contribution in [0.3, 0.4) is 0 Å². The van der Waals surface area contributed by atoms with Crippen molar-refractivity contribution in [3.63, 3.8) is 0 Å². The fourth-order valence-corrected chi connectivity index (χ4v) is 3.08. The van der Waals surface area contributed by atoms with Crippen LogP contribution >= 0.6 is 0 Å². The largest absolute Gasteiger partial charge is 0.467 e. The van der Waals surface area contributed by atoms with Crippen molar-refractivity contribution in [2.75, 3.05) is 17.1 Å². The van der Waals surface area contributed by atoms with Crippen molar-refractivity contribution >= 4 is 21.6 Å². The van der Waals surface area contributed by atoms with Gasteiger partial charge in [-0.2, -0.15) is 0 Å². The molecule has 7 heteroatoms. The number of hydrogen-bond acceptors (Lipinski definition) is 4. The first-order valence-electron chi connectivity index (χ1n) is 7.20. The number of sulfonamides is 1. The summed E-state index contributed by atoms with van der Waals surface area (Å²) in [4.78, 5) is 11.9. The van der Waals surface area contributed by atoms with Gasteiger partial charge in [0.05, 0.1) is 24.8 Å². The normalized spacial score (nSPS) is 11.2. The van der Waals surface area contributed by atoms with Crippen LogP contribution in [0.1, 0.15) is 17.7 Å². The number of aryl methyl sites for hydroxylation is 1. The van der Waals surface area contributed by atoms with E-state index in [1.807, 2.05) is 13.0 Å². The van der Waals surface area contributed by atoms with Gasteiger partial charge in [0.25, 0.3) is 0 Å². The highest BCUT2D eigenvalue weighted by atomic mass is 32.2. The summed E-state index contributed by atoms with van der Waals surface area (Å²) in [5.74, 6) is 0.416. The van der Waals surface area contributed by atoms with Gasteiger partial charge in [-0.15, -0.1) is 0 Å². The van der Waals surface area contributed by atoms with E-state index in [9.17, 15) is 13.2 Å². The summed E-state index contributed by atoms with van der Waals surface area (Å²) >= 11 is 0. The van der Waals surface area contributed by atoms with E-state index in [4.69, 9.17) is 4.42 Å². The molecule has 124 valence electrons. The highest BCUT2D eigenvalue weighted by Crippen LogP contribution is 2.19. The van der Waals surface area contributed by atoms with Crippen molar-refractivity contribution in [1.29, 1.82) is 0 Å². The lowest BCUT2D eigenvalue weighted by molar-refractivity contribution is -0.121. The summed E-state index contributed by atoms with van der Waals surface area (Å²) in [5, 5.41) is 2.70. The van der Waals surface area contributed by atoms with Crippen molar-refractivity contribution in [1.82, 2.24) is 5.32 Å². The van der Waals surface area contributed by atoms with Crippen molar-refractivity contribution in [2.24, 2.45) is 0 Å². The van der Waals surface area contributed by atoms with Gasteiger partial charge in [0.1, 0.15) is 5.76 Å². The molecular weight excluding hydrogens is 316 g/mol. The lowest BCUT2D eigenvalue weighted by Crippen LogP contribution is -2.34. The topological polar surface area (TPSA) is 79.6 Å². The number of rotatable bonds is 7. The first kappa shape index (κ1) is 17.1. The second-order valence-electron chi connectivity index (χ2n) is 5.28. The Morgan fingerprint density at radius 1 is 1.26 bits per heavy atom. The molecule has 6 nitrogen and oxygen atoms in total. The Hall–Kier alpha value is -2.28. The Kier molecular flexibility index (Phi) is 5.44. The molecule has 2 rings (SSSR count). The van der Waals surface area contributed by atoms with Crippen LogP contribution in [0.25, 0.3) is 0 Å². The molecule has 1 amide bonds. The maximum absolute atomic E-state index is 12.0. The van der Waals surface area contributed by atoms with Gasteiger partial charge in [-0.25, -0.2) is 8.42 Å². The number of carbonyl (C=O) groups excluding carboxylic acids is 1. The van der Waals surface area contributed by atoms with E-state index in [0.717, 1.165) is 11.8 Å².